The predicted molar refractivity (Wildman–Crippen MR) is 72.5 cm³/mol. The summed E-state index contributed by atoms with van der Waals surface area (Å²) >= 11 is 1.91. The lowest BCUT2D eigenvalue weighted by Gasteiger charge is -2.24. The second-order valence-electron chi connectivity index (χ2n) is 5.99. The van der Waals surface area contributed by atoms with Crippen molar-refractivity contribution in [3.63, 3.8) is 0 Å². The van der Waals surface area contributed by atoms with Gasteiger partial charge < -0.3 is 9.63 Å². The molecule has 1 aliphatic rings. The standard InChI is InChI=1S/C13H22N2O2S/c1-13(2,3)10(16)8-11-14-12(15-17-11)9-6-4-5-7-18-9/h9-10,16H,4-8H2,1-3H3. The largest absolute Gasteiger partial charge is 0.392 e. The number of nitrogens with zero attached hydrogens (tertiary/aromatic N) is 2. The fourth-order valence-electron chi connectivity index (χ4n) is 1.90. The first kappa shape index (κ1) is 13.9. The van der Waals surface area contributed by atoms with Gasteiger partial charge in [-0.25, -0.2) is 0 Å². The third-order valence-corrected chi connectivity index (χ3v) is 4.69. The Morgan fingerprint density at radius 3 is 2.83 bits per heavy atom. The fraction of sp³-hybridized carbons (Fsp3) is 0.846. The average molecular weight is 270 g/mol. The maximum absolute atomic E-state index is 10.0. The van der Waals surface area contributed by atoms with Gasteiger partial charge in [0, 0.05) is 0 Å². The summed E-state index contributed by atoms with van der Waals surface area (Å²) in [5.74, 6) is 2.54. The molecule has 1 aromatic heterocycles. The van der Waals surface area contributed by atoms with Gasteiger partial charge in [-0.1, -0.05) is 32.3 Å². The van der Waals surface area contributed by atoms with Crippen LogP contribution in [0.3, 0.4) is 0 Å². The molecule has 5 heteroatoms. The van der Waals surface area contributed by atoms with Gasteiger partial charge in [-0.15, -0.1) is 0 Å². The van der Waals surface area contributed by atoms with Crippen molar-refractivity contribution in [3.05, 3.63) is 11.7 Å². The third kappa shape index (κ3) is 3.48. The molecule has 18 heavy (non-hydrogen) atoms. The first-order valence-electron chi connectivity index (χ1n) is 6.59. The van der Waals surface area contributed by atoms with Gasteiger partial charge in [-0.2, -0.15) is 16.7 Å². The molecular weight excluding hydrogens is 248 g/mol. The van der Waals surface area contributed by atoms with Crippen molar-refractivity contribution in [2.45, 2.75) is 57.8 Å². The molecule has 2 heterocycles. The Morgan fingerprint density at radius 2 is 2.22 bits per heavy atom. The smallest absolute Gasteiger partial charge is 0.229 e. The number of rotatable bonds is 3. The lowest BCUT2D eigenvalue weighted by Crippen LogP contribution is -2.28. The molecule has 0 radical (unpaired) electrons. The van der Waals surface area contributed by atoms with Gasteiger partial charge in [0.1, 0.15) is 0 Å². The highest BCUT2D eigenvalue weighted by Gasteiger charge is 2.26. The number of hydrogen-bond acceptors (Lipinski definition) is 5. The van der Waals surface area contributed by atoms with Crippen molar-refractivity contribution in [1.82, 2.24) is 10.1 Å². The topological polar surface area (TPSA) is 59.2 Å². The maximum atomic E-state index is 10.0. The molecule has 2 rings (SSSR count). The molecule has 2 unspecified atom stereocenters. The molecule has 0 aliphatic carbocycles. The Bertz CT molecular complexity index is 381. The van der Waals surface area contributed by atoms with E-state index in [0.717, 1.165) is 12.2 Å². The van der Waals surface area contributed by atoms with Crippen molar-refractivity contribution in [2.24, 2.45) is 5.41 Å². The van der Waals surface area contributed by atoms with Crippen LogP contribution in [0, 0.1) is 5.41 Å². The first-order valence-corrected chi connectivity index (χ1v) is 7.64. The summed E-state index contributed by atoms with van der Waals surface area (Å²) in [6, 6.07) is 0. The number of aliphatic hydroxyl groups is 1. The highest BCUT2D eigenvalue weighted by atomic mass is 32.2. The molecule has 0 amide bonds. The lowest BCUT2D eigenvalue weighted by atomic mass is 9.87. The molecule has 0 bridgehead atoms. The number of aliphatic hydroxyl groups excluding tert-OH is 1. The summed E-state index contributed by atoms with van der Waals surface area (Å²) in [5, 5.41) is 14.5. The normalized spacial score (nSPS) is 23.0. The molecule has 1 N–H and O–H groups in total. The molecule has 1 fully saturated rings. The van der Waals surface area contributed by atoms with E-state index in [9.17, 15) is 5.11 Å². The summed E-state index contributed by atoms with van der Waals surface area (Å²) in [7, 11) is 0. The second kappa shape index (κ2) is 5.61. The molecule has 102 valence electrons. The molecule has 4 nitrogen and oxygen atoms in total. The third-order valence-electron chi connectivity index (χ3n) is 3.32. The van der Waals surface area contributed by atoms with Crippen LogP contribution in [0.1, 0.15) is 57.0 Å². The van der Waals surface area contributed by atoms with E-state index < -0.39 is 6.10 Å². The number of hydrogen-bond donors (Lipinski definition) is 1. The average Bonchev–Trinajstić information content (AvgIpc) is 2.77. The summed E-state index contributed by atoms with van der Waals surface area (Å²) in [6.07, 6.45) is 3.64. The van der Waals surface area contributed by atoms with Gasteiger partial charge >= 0.3 is 0 Å². The minimum Gasteiger partial charge on any atom is -0.392 e. The minimum absolute atomic E-state index is 0.159. The van der Waals surface area contributed by atoms with E-state index in [4.69, 9.17) is 4.52 Å². The van der Waals surface area contributed by atoms with Gasteiger partial charge in [0.15, 0.2) is 5.82 Å². The summed E-state index contributed by atoms with van der Waals surface area (Å²) in [5.41, 5.74) is -0.159. The first-order chi connectivity index (χ1) is 8.47. The van der Waals surface area contributed by atoms with E-state index >= 15 is 0 Å². The highest BCUT2D eigenvalue weighted by Crippen LogP contribution is 2.36. The van der Waals surface area contributed by atoms with Crippen molar-refractivity contribution in [3.8, 4) is 0 Å². The van der Waals surface area contributed by atoms with Crippen LogP contribution in [0.2, 0.25) is 0 Å². The van der Waals surface area contributed by atoms with Gasteiger partial charge in [-0.3, -0.25) is 0 Å². The van der Waals surface area contributed by atoms with Crippen molar-refractivity contribution in [1.29, 1.82) is 0 Å². The Labute approximate surface area is 113 Å². The molecule has 0 aromatic carbocycles. The fourth-order valence-corrected chi connectivity index (χ4v) is 3.13. The Kier molecular flexibility index (Phi) is 4.33. The predicted octanol–water partition coefficient (Wildman–Crippen LogP) is 2.98. The summed E-state index contributed by atoms with van der Waals surface area (Å²) in [6.45, 7) is 6.02. The summed E-state index contributed by atoms with van der Waals surface area (Å²) in [4.78, 5) is 4.43. The maximum Gasteiger partial charge on any atom is 0.229 e. The van der Waals surface area contributed by atoms with Crippen LogP contribution in [0.25, 0.3) is 0 Å². The Balaban J connectivity index is 1.97. The monoisotopic (exact) mass is 270 g/mol. The van der Waals surface area contributed by atoms with E-state index in [1.54, 1.807) is 0 Å². The quantitative estimate of drug-likeness (QED) is 0.915. The molecule has 1 aromatic rings. The van der Waals surface area contributed by atoms with Gasteiger partial charge in [0.05, 0.1) is 17.8 Å². The van der Waals surface area contributed by atoms with E-state index in [1.165, 1.54) is 18.6 Å². The lowest BCUT2D eigenvalue weighted by molar-refractivity contribution is 0.0565. The van der Waals surface area contributed by atoms with Crippen molar-refractivity contribution >= 4 is 11.8 Å². The molecule has 0 saturated carbocycles. The van der Waals surface area contributed by atoms with Crippen LogP contribution >= 0.6 is 11.8 Å². The van der Waals surface area contributed by atoms with E-state index in [-0.39, 0.29) is 5.41 Å². The Hall–Kier alpha value is -0.550. The van der Waals surface area contributed by atoms with E-state index in [2.05, 4.69) is 10.1 Å². The van der Waals surface area contributed by atoms with Crippen LogP contribution in [0.5, 0.6) is 0 Å². The summed E-state index contributed by atoms with van der Waals surface area (Å²) < 4.78 is 5.25. The molecule has 1 aliphatic heterocycles. The van der Waals surface area contributed by atoms with E-state index in [1.807, 2.05) is 32.5 Å². The van der Waals surface area contributed by atoms with Crippen LogP contribution in [0.4, 0.5) is 0 Å². The number of aromatic nitrogens is 2. The number of thioether (sulfide) groups is 1. The van der Waals surface area contributed by atoms with Crippen LogP contribution in [-0.4, -0.2) is 27.1 Å². The molecular formula is C13H22N2O2S. The van der Waals surface area contributed by atoms with Crippen molar-refractivity contribution in [2.75, 3.05) is 5.75 Å². The van der Waals surface area contributed by atoms with Crippen LogP contribution < -0.4 is 0 Å². The van der Waals surface area contributed by atoms with E-state index in [0.29, 0.717) is 17.6 Å². The highest BCUT2D eigenvalue weighted by molar-refractivity contribution is 7.99. The zero-order valence-corrected chi connectivity index (χ0v) is 12.2. The Morgan fingerprint density at radius 1 is 1.44 bits per heavy atom. The van der Waals surface area contributed by atoms with Gasteiger partial charge in [0.2, 0.25) is 5.89 Å². The second-order valence-corrected chi connectivity index (χ2v) is 7.30. The zero-order valence-electron chi connectivity index (χ0n) is 11.3. The molecule has 1 saturated heterocycles. The SMILES string of the molecule is CC(C)(C)C(O)Cc1nc(C2CCCCS2)no1. The van der Waals surface area contributed by atoms with Gasteiger partial charge in [-0.05, 0) is 24.0 Å². The molecule has 2 atom stereocenters. The van der Waals surface area contributed by atoms with Crippen LogP contribution in [0.15, 0.2) is 4.52 Å². The molecule has 0 spiro atoms. The van der Waals surface area contributed by atoms with Crippen LogP contribution in [-0.2, 0) is 6.42 Å². The van der Waals surface area contributed by atoms with Crippen molar-refractivity contribution < 1.29 is 9.63 Å². The van der Waals surface area contributed by atoms with Gasteiger partial charge in [0.25, 0.3) is 0 Å². The minimum atomic E-state index is -0.454. The zero-order chi connectivity index (χ0) is 13.2.